The molecule has 0 aliphatic carbocycles. The van der Waals surface area contributed by atoms with Crippen LogP contribution >= 0.6 is 11.8 Å². The number of thioether (sulfide) groups is 1. The van der Waals surface area contributed by atoms with Gasteiger partial charge >= 0.3 is 10.3 Å². The average Bonchev–Trinajstić information content (AvgIpc) is 2.56. The molecular formula is C10H14N2O6S2. The van der Waals surface area contributed by atoms with Gasteiger partial charge in [-0.2, -0.15) is 8.42 Å². The molecule has 0 aromatic heterocycles. The maximum Gasteiger partial charge on any atom is 0.362 e. The molecule has 0 saturated carbocycles. The smallest absolute Gasteiger partial charge is 0.327 e. The lowest BCUT2D eigenvalue weighted by Gasteiger charge is -2.46. The molecule has 0 aromatic rings. The van der Waals surface area contributed by atoms with Crippen molar-refractivity contribution in [2.45, 2.75) is 37.6 Å². The van der Waals surface area contributed by atoms with E-state index in [4.69, 9.17) is 4.55 Å². The Morgan fingerprint density at radius 3 is 2.45 bits per heavy atom. The SMILES string of the molecule is CC(=O)SC1CC(=O)N([C@@H]2C(=O)N(S(=O)(=O)O)[C@H]2C)C1. The van der Waals surface area contributed by atoms with Crippen LogP contribution in [0.25, 0.3) is 0 Å². The third-order valence-electron chi connectivity index (χ3n) is 3.34. The second-order valence-corrected chi connectivity index (χ2v) is 7.55. The number of rotatable bonds is 3. The van der Waals surface area contributed by atoms with Crippen molar-refractivity contribution in [2.75, 3.05) is 6.54 Å². The van der Waals surface area contributed by atoms with Gasteiger partial charge < -0.3 is 4.90 Å². The van der Waals surface area contributed by atoms with Crippen molar-refractivity contribution in [3.05, 3.63) is 0 Å². The van der Waals surface area contributed by atoms with E-state index in [0.717, 1.165) is 11.8 Å². The minimum Gasteiger partial charge on any atom is -0.327 e. The first kappa shape index (κ1) is 15.3. The van der Waals surface area contributed by atoms with Gasteiger partial charge in [-0.15, -0.1) is 0 Å². The van der Waals surface area contributed by atoms with Crippen LogP contribution in [0.4, 0.5) is 0 Å². The van der Waals surface area contributed by atoms with Crippen LogP contribution in [-0.4, -0.2) is 63.0 Å². The first-order valence-corrected chi connectivity index (χ1v) is 8.18. The highest BCUT2D eigenvalue weighted by molar-refractivity contribution is 8.14. The summed E-state index contributed by atoms with van der Waals surface area (Å²) in [6.07, 6.45) is 0.145. The summed E-state index contributed by atoms with van der Waals surface area (Å²) in [5.74, 6) is -1.11. The van der Waals surface area contributed by atoms with E-state index < -0.39 is 28.3 Å². The van der Waals surface area contributed by atoms with Crippen LogP contribution in [0.5, 0.6) is 0 Å². The fourth-order valence-corrected chi connectivity index (χ4v) is 4.38. The molecule has 0 spiro atoms. The van der Waals surface area contributed by atoms with Crippen LogP contribution in [-0.2, 0) is 24.7 Å². The van der Waals surface area contributed by atoms with E-state index in [9.17, 15) is 22.8 Å². The molecule has 3 atom stereocenters. The second kappa shape index (κ2) is 5.01. The molecule has 1 unspecified atom stereocenters. The fraction of sp³-hybridized carbons (Fsp3) is 0.700. The van der Waals surface area contributed by atoms with Crippen molar-refractivity contribution < 1.29 is 27.4 Å². The van der Waals surface area contributed by atoms with Crippen molar-refractivity contribution in [3.8, 4) is 0 Å². The zero-order chi connectivity index (χ0) is 15.2. The van der Waals surface area contributed by atoms with E-state index in [-0.39, 0.29) is 29.2 Å². The number of hydrogen-bond acceptors (Lipinski definition) is 6. The molecule has 8 nitrogen and oxygen atoms in total. The largest absolute Gasteiger partial charge is 0.362 e. The molecule has 0 bridgehead atoms. The third kappa shape index (κ3) is 2.54. The number of likely N-dealkylation sites (tertiary alicyclic amines) is 1. The van der Waals surface area contributed by atoms with Gasteiger partial charge in [-0.05, 0) is 6.92 Å². The molecule has 1 N–H and O–H groups in total. The zero-order valence-corrected chi connectivity index (χ0v) is 12.5. The third-order valence-corrected chi connectivity index (χ3v) is 5.33. The minimum absolute atomic E-state index is 0.114. The molecule has 20 heavy (non-hydrogen) atoms. The van der Waals surface area contributed by atoms with E-state index in [1.165, 1.54) is 18.7 Å². The van der Waals surface area contributed by atoms with Gasteiger partial charge in [0.15, 0.2) is 5.12 Å². The van der Waals surface area contributed by atoms with Crippen molar-refractivity contribution in [1.82, 2.24) is 9.21 Å². The van der Waals surface area contributed by atoms with Gasteiger partial charge in [-0.3, -0.25) is 18.9 Å². The van der Waals surface area contributed by atoms with E-state index >= 15 is 0 Å². The predicted molar refractivity (Wildman–Crippen MR) is 70.0 cm³/mol. The lowest BCUT2D eigenvalue weighted by atomic mass is 9.99. The highest BCUT2D eigenvalue weighted by Gasteiger charge is 2.56. The van der Waals surface area contributed by atoms with Gasteiger partial charge in [0.25, 0.3) is 5.91 Å². The number of hydrogen-bond donors (Lipinski definition) is 1. The van der Waals surface area contributed by atoms with Gasteiger partial charge in [0.2, 0.25) is 5.91 Å². The van der Waals surface area contributed by atoms with Gasteiger partial charge in [0.1, 0.15) is 6.04 Å². The van der Waals surface area contributed by atoms with Crippen LogP contribution in [0, 0.1) is 0 Å². The Kier molecular flexibility index (Phi) is 3.82. The monoisotopic (exact) mass is 322 g/mol. The predicted octanol–water partition coefficient (Wildman–Crippen LogP) is -0.731. The van der Waals surface area contributed by atoms with Gasteiger partial charge in [0.05, 0.1) is 6.04 Å². The van der Waals surface area contributed by atoms with Gasteiger partial charge in [-0.1, -0.05) is 11.8 Å². The quantitative estimate of drug-likeness (QED) is 0.538. The topological polar surface area (TPSA) is 112 Å². The molecule has 2 fully saturated rings. The normalized spacial score (nSPS) is 30.6. The molecule has 2 saturated heterocycles. The molecule has 0 radical (unpaired) electrons. The number of carbonyl (C=O) groups excluding carboxylic acids is 3. The second-order valence-electron chi connectivity index (χ2n) is 4.78. The first-order chi connectivity index (χ1) is 9.12. The Morgan fingerprint density at radius 1 is 1.40 bits per heavy atom. The molecule has 112 valence electrons. The standard InChI is InChI=1S/C10H14N2O6S2/c1-5-9(10(15)12(5)20(16,17)18)11-4-7(3-8(11)14)19-6(2)13/h5,7,9H,3-4H2,1-2H3,(H,16,17,18)/t5-,7?,9-/m0/s1. The van der Waals surface area contributed by atoms with E-state index in [1.54, 1.807) is 0 Å². The number of carbonyl (C=O) groups is 3. The highest BCUT2D eigenvalue weighted by Crippen LogP contribution is 2.33. The number of β-lactam (4-membered cyclic amide) rings is 1. The zero-order valence-electron chi connectivity index (χ0n) is 10.8. The van der Waals surface area contributed by atoms with Crippen LogP contribution < -0.4 is 0 Å². The Morgan fingerprint density at radius 2 is 2.00 bits per heavy atom. The Labute approximate surface area is 120 Å². The summed E-state index contributed by atoms with van der Waals surface area (Å²) in [6, 6.07) is -1.69. The van der Waals surface area contributed by atoms with E-state index in [0.29, 0.717) is 4.31 Å². The first-order valence-electron chi connectivity index (χ1n) is 5.90. The Bertz CT molecular complexity index is 574. The summed E-state index contributed by atoms with van der Waals surface area (Å²) in [6.45, 7) is 3.07. The summed E-state index contributed by atoms with van der Waals surface area (Å²) in [4.78, 5) is 36.0. The Hall–Kier alpha value is -1.13. The summed E-state index contributed by atoms with van der Waals surface area (Å²) in [7, 11) is -4.59. The maximum absolute atomic E-state index is 11.9. The maximum atomic E-state index is 11.9. The van der Waals surface area contributed by atoms with Crippen LogP contribution in [0.1, 0.15) is 20.3 Å². The molecule has 0 aromatic carbocycles. The minimum atomic E-state index is -4.59. The molecular weight excluding hydrogens is 308 g/mol. The van der Waals surface area contributed by atoms with Crippen LogP contribution in [0.15, 0.2) is 0 Å². The molecule has 10 heteroatoms. The van der Waals surface area contributed by atoms with Crippen LogP contribution in [0.2, 0.25) is 0 Å². The van der Waals surface area contributed by atoms with Crippen LogP contribution in [0.3, 0.4) is 0 Å². The highest BCUT2D eigenvalue weighted by atomic mass is 32.2. The Balaban J connectivity index is 2.09. The fourth-order valence-electron chi connectivity index (χ4n) is 2.58. The molecule has 2 amide bonds. The summed E-state index contributed by atoms with van der Waals surface area (Å²) < 4.78 is 31.2. The van der Waals surface area contributed by atoms with Crippen molar-refractivity contribution in [2.24, 2.45) is 0 Å². The number of amides is 2. The molecule has 2 aliphatic rings. The van der Waals surface area contributed by atoms with E-state index in [1.807, 2.05) is 0 Å². The molecule has 2 aliphatic heterocycles. The van der Waals surface area contributed by atoms with Gasteiger partial charge in [0, 0.05) is 25.1 Å². The van der Waals surface area contributed by atoms with Gasteiger partial charge in [-0.25, -0.2) is 4.31 Å². The average molecular weight is 322 g/mol. The summed E-state index contributed by atoms with van der Waals surface area (Å²) >= 11 is 1.04. The lowest BCUT2D eigenvalue weighted by molar-refractivity contribution is -0.154. The summed E-state index contributed by atoms with van der Waals surface area (Å²) in [5, 5.41) is -0.336. The van der Waals surface area contributed by atoms with Crippen molar-refractivity contribution in [1.29, 1.82) is 0 Å². The molecule has 2 rings (SSSR count). The van der Waals surface area contributed by atoms with E-state index in [2.05, 4.69) is 0 Å². The molecule has 2 heterocycles. The van der Waals surface area contributed by atoms with Crippen molar-refractivity contribution in [3.63, 3.8) is 0 Å². The lowest BCUT2D eigenvalue weighted by Crippen LogP contribution is -2.71. The number of nitrogens with zero attached hydrogens (tertiary/aromatic N) is 2. The summed E-state index contributed by atoms with van der Waals surface area (Å²) in [5.41, 5.74) is 0. The van der Waals surface area contributed by atoms with Crippen molar-refractivity contribution >= 4 is 39.0 Å².